The summed E-state index contributed by atoms with van der Waals surface area (Å²) in [4.78, 5) is 10.5. The first-order chi connectivity index (χ1) is 14.5. The summed E-state index contributed by atoms with van der Waals surface area (Å²) in [6.07, 6.45) is 7.31. The summed E-state index contributed by atoms with van der Waals surface area (Å²) in [7, 11) is 4.47. The Morgan fingerprint density at radius 2 is 1.90 bits per heavy atom. The first-order valence-electron chi connectivity index (χ1n) is 9.03. The van der Waals surface area contributed by atoms with Crippen LogP contribution in [-0.4, -0.2) is 38.6 Å². The van der Waals surface area contributed by atoms with Crippen molar-refractivity contribution in [3.63, 3.8) is 0 Å². The summed E-state index contributed by atoms with van der Waals surface area (Å²) in [6.45, 7) is 3.58. The van der Waals surface area contributed by atoms with E-state index in [0.29, 0.717) is 18.6 Å². The molecule has 5 N–H and O–H groups in total. The molecule has 0 saturated heterocycles. The first-order valence-corrected chi connectivity index (χ1v) is 9.03. The van der Waals surface area contributed by atoms with E-state index in [1.807, 2.05) is 49.3 Å². The second-order valence-corrected chi connectivity index (χ2v) is 6.12. The lowest BCUT2D eigenvalue weighted by molar-refractivity contribution is 0.636. The van der Waals surface area contributed by atoms with Gasteiger partial charge in [0.25, 0.3) is 0 Å². The Labute approximate surface area is 176 Å². The minimum absolute atomic E-state index is 0.0913. The molecule has 0 bridgehead atoms. The van der Waals surface area contributed by atoms with Crippen molar-refractivity contribution in [3.8, 4) is 11.1 Å². The van der Waals surface area contributed by atoms with Crippen molar-refractivity contribution in [3.05, 3.63) is 78.8 Å². The third-order valence-corrected chi connectivity index (χ3v) is 3.95. The highest BCUT2D eigenvalue weighted by molar-refractivity contribution is 6.03. The number of pyridine rings is 1. The van der Waals surface area contributed by atoms with E-state index in [1.165, 1.54) is 24.3 Å². The number of aromatic nitrogens is 1. The Hall–Kier alpha value is -3.52. The van der Waals surface area contributed by atoms with Crippen LogP contribution in [0.25, 0.3) is 11.1 Å². The molecule has 1 aromatic carbocycles. The van der Waals surface area contributed by atoms with Gasteiger partial charge in [0.2, 0.25) is 0 Å². The number of hydrazine groups is 1. The number of nitrogens with one attached hydrogen (secondary N) is 1. The predicted molar refractivity (Wildman–Crippen MR) is 123 cm³/mol. The summed E-state index contributed by atoms with van der Waals surface area (Å²) in [5, 5.41) is 0. The van der Waals surface area contributed by atoms with E-state index in [2.05, 4.69) is 22.0 Å². The molecule has 0 aliphatic heterocycles. The molecule has 1 aromatic heterocycles. The standard InChI is InChI=1S/C21H25FN6.CH3F/c1-4-5-6-17(22)11-12-25-21(27-24)19-13-16(14-26-20(19)23)15-7-9-18(10-8-15)28(2)3;1-2/h4-11,13-14H,1,12,24H2,2-3H3,(H2,23,26)(H,25,27);1H3/b6-5-,17-11+;. The molecule has 0 aliphatic carbocycles. The van der Waals surface area contributed by atoms with Crippen molar-refractivity contribution in [1.29, 1.82) is 0 Å². The number of amidine groups is 1. The number of nitrogens with two attached hydrogens (primary N) is 2. The lowest BCUT2D eigenvalue weighted by Gasteiger charge is -2.13. The van der Waals surface area contributed by atoms with Gasteiger partial charge in [0.05, 0.1) is 19.3 Å². The summed E-state index contributed by atoms with van der Waals surface area (Å²) >= 11 is 0. The Bertz CT molecular complexity index is 902. The van der Waals surface area contributed by atoms with E-state index < -0.39 is 5.83 Å². The molecule has 0 saturated carbocycles. The van der Waals surface area contributed by atoms with Gasteiger partial charge in [-0.25, -0.2) is 15.2 Å². The molecule has 0 radical (unpaired) electrons. The molecule has 0 unspecified atom stereocenters. The summed E-state index contributed by atoms with van der Waals surface area (Å²) in [5.74, 6) is 5.79. The molecular formula is C22H28F2N6. The number of anilines is 2. The molecule has 6 nitrogen and oxygen atoms in total. The normalized spacial score (nSPS) is 11.7. The Kier molecular flexibility index (Phi) is 10.5. The zero-order valence-electron chi connectivity index (χ0n) is 17.4. The van der Waals surface area contributed by atoms with Crippen molar-refractivity contribution in [1.82, 2.24) is 10.4 Å². The monoisotopic (exact) mass is 414 g/mol. The number of nitrogen functional groups attached to an aromatic ring is 1. The largest absolute Gasteiger partial charge is 0.383 e. The van der Waals surface area contributed by atoms with Crippen molar-refractivity contribution >= 4 is 17.3 Å². The van der Waals surface area contributed by atoms with Crippen LogP contribution in [0.5, 0.6) is 0 Å². The quantitative estimate of drug-likeness (QED) is 0.211. The zero-order chi connectivity index (χ0) is 22.5. The summed E-state index contributed by atoms with van der Waals surface area (Å²) < 4.78 is 23.1. The van der Waals surface area contributed by atoms with E-state index in [-0.39, 0.29) is 12.4 Å². The van der Waals surface area contributed by atoms with Crippen LogP contribution in [0.2, 0.25) is 0 Å². The Morgan fingerprint density at radius 1 is 1.23 bits per heavy atom. The number of hydrogen-bond acceptors (Lipinski definition) is 5. The summed E-state index contributed by atoms with van der Waals surface area (Å²) in [5.41, 5.74) is 12.0. The third-order valence-electron chi connectivity index (χ3n) is 3.95. The van der Waals surface area contributed by atoms with Crippen molar-refractivity contribution in [2.24, 2.45) is 10.8 Å². The van der Waals surface area contributed by atoms with Crippen LogP contribution in [0, 0.1) is 0 Å². The highest BCUT2D eigenvalue weighted by Crippen LogP contribution is 2.24. The van der Waals surface area contributed by atoms with Crippen LogP contribution in [0.1, 0.15) is 5.56 Å². The molecule has 0 aliphatic rings. The fraction of sp³-hybridized carbons (Fsp3) is 0.182. The molecule has 0 atom stereocenters. The first kappa shape index (κ1) is 24.5. The van der Waals surface area contributed by atoms with Crippen LogP contribution in [0.3, 0.4) is 0 Å². The third kappa shape index (κ3) is 7.14. The number of hydrogen-bond donors (Lipinski definition) is 3. The highest BCUT2D eigenvalue weighted by Gasteiger charge is 2.10. The maximum atomic E-state index is 13.6. The van der Waals surface area contributed by atoms with Gasteiger partial charge in [0.1, 0.15) is 17.5 Å². The molecule has 0 fully saturated rings. The maximum Gasteiger partial charge on any atom is 0.146 e. The van der Waals surface area contributed by atoms with Gasteiger partial charge in [-0.1, -0.05) is 30.9 Å². The van der Waals surface area contributed by atoms with E-state index in [0.717, 1.165) is 16.8 Å². The molecule has 1 heterocycles. The SMILES string of the molecule is C=C/C=C\C(F)=C/CN=C(NN)c1cc(-c2ccc(N(C)C)cc2)cnc1N.CF. The van der Waals surface area contributed by atoms with Gasteiger partial charge in [-0.15, -0.1) is 0 Å². The van der Waals surface area contributed by atoms with Crippen LogP contribution in [-0.2, 0) is 0 Å². The van der Waals surface area contributed by atoms with Crippen LogP contribution in [0.4, 0.5) is 20.3 Å². The van der Waals surface area contributed by atoms with Crippen molar-refractivity contribution in [2.45, 2.75) is 0 Å². The fourth-order valence-electron chi connectivity index (χ4n) is 2.44. The minimum atomic E-state index is -0.416. The number of alkyl halides is 1. The number of allylic oxidation sites excluding steroid dienone is 4. The van der Waals surface area contributed by atoms with Crippen molar-refractivity contribution < 1.29 is 8.78 Å². The number of nitrogens with zero attached hydrogens (tertiary/aromatic N) is 3. The lowest BCUT2D eigenvalue weighted by atomic mass is 10.0. The van der Waals surface area contributed by atoms with Crippen LogP contribution < -0.4 is 21.9 Å². The van der Waals surface area contributed by atoms with E-state index in [9.17, 15) is 8.78 Å². The van der Waals surface area contributed by atoms with Crippen LogP contribution >= 0.6 is 0 Å². The molecule has 0 amide bonds. The van der Waals surface area contributed by atoms with E-state index in [1.54, 1.807) is 6.20 Å². The van der Waals surface area contributed by atoms with Crippen LogP contribution in [0.15, 0.2) is 78.2 Å². The average Bonchev–Trinajstić information content (AvgIpc) is 2.77. The topological polar surface area (TPSA) is 92.6 Å². The van der Waals surface area contributed by atoms with Gasteiger partial charge in [-0.3, -0.25) is 9.38 Å². The number of benzene rings is 1. The second-order valence-electron chi connectivity index (χ2n) is 6.12. The number of rotatable bonds is 7. The molecule has 2 rings (SSSR count). The van der Waals surface area contributed by atoms with Gasteiger partial charge in [-0.05, 0) is 35.9 Å². The zero-order valence-corrected chi connectivity index (χ0v) is 17.4. The maximum absolute atomic E-state index is 13.6. The smallest absolute Gasteiger partial charge is 0.146 e. The van der Waals surface area contributed by atoms with E-state index in [4.69, 9.17) is 11.6 Å². The number of aliphatic imine (C=N–C) groups is 1. The molecular weight excluding hydrogens is 386 g/mol. The highest BCUT2D eigenvalue weighted by atomic mass is 19.1. The van der Waals surface area contributed by atoms with Gasteiger partial charge >= 0.3 is 0 Å². The Morgan fingerprint density at radius 3 is 2.47 bits per heavy atom. The molecule has 0 spiro atoms. The summed E-state index contributed by atoms with van der Waals surface area (Å²) in [6, 6.07) is 9.90. The van der Waals surface area contributed by atoms with Gasteiger partial charge in [0, 0.05) is 31.5 Å². The Balaban J connectivity index is 0.00000218. The molecule has 30 heavy (non-hydrogen) atoms. The molecule has 8 heteroatoms. The molecule has 160 valence electrons. The van der Waals surface area contributed by atoms with Gasteiger partial charge in [-0.2, -0.15) is 0 Å². The molecule has 2 aromatic rings. The fourth-order valence-corrected chi connectivity index (χ4v) is 2.44. The average molecular weight is 415 g/mol. The van der Waals surface area contributed by atoms with Crippen molar-refractivity contribution in [2.75, 3.05) is 38.5 Å². The van der Waals surface area contributed by atoms with E-state index >= 15 is 0 Å². The number of halogens is 2. The van der Waals surface area contributed by atoms with Gasteiger partial charge < -0.3 is 16.1 Å². The van der Waals surface area contributed by atoms with Gasteiger partial charge in [0.15, 0.2) is 0 Å². The lowest BCUT2D eigenvalue weighted by Crippen LogP contribution is -2.32. The minimum Gasteiger partial charge on any atom is -0.383 e. The predicted octanol–water partition coefficient (Wildman–Crippen LogP) is 3.79. The second kappa shape index (κ2) is 12.8.